The third kappa shape index (κ3) is 2.62. The third-order valence-corrected chi connectivity index (χ3v) is 5.69. The van der Waals surface area contributed by atoms with E-state index in [2.05, 4.69) is 9.71 Å². The average Bonchev–Trinajstić information content (AvgIpc) is 2.91. The van der Waals surface area contributed by atoms with Crippen molar-refractivity contribution in [1.82, 2.24) is 4.98 Å². The Labute approximate surface area is 131 Å². The Balaban J connectivity index is 2.12. The number of aromatic nitrogens is 1. The highest BCUT2D eigenvalue weighted by molar-refractivity contribution is 7.92. The largest absolute Gasteiger partial charge is 0.276 e. The number of nitrogens with one attached hydrogen (secondary N) is 1. The second-order valence-corrected chi connectivity index (χ2v) is 7.44. The molecule has 0 amide bonds. The van der Waals surface area contributed by atoms with Crippen LogP contribution in [0.1, 0.15) is 5.56 Å². The lowest BCUT2D eigenvalue weighted by atomic mass is 10.2. The lowest BCUT2D eigenvalue weighted by Crippen LogP contribution is -2.14. The standard InChI is InChI=1S/C14H11ClN2O2S2/c1-9-4-2-3-5-12(9)21(18,19)17-13-10(15)6-7-11-14(13)16-8-20-11/h2-8,17H,1H3. The van der Waals surface area contributed by atoms with Crippen molar-refractivity contribution in [2.45, 2.75) is 11.8 Å². The van der Waals surface area contributed by atoms with Crippen molar-refractivity contribution in [3.63, 3.8) is 0 Å². The summed E-state index contributed by atoms with van der Waals surface area (Å²) < 4.78 is 28.5. The van der Waals surface area contributed by atoms with Gasteiger partial charge in [0.1, 0.15) is 5.52 Å². The molecule has 0 spiro atoms. The van der Waals surface area contributed by atoms with Crippen LogP contribution in [0.4, 0.5) is 5.69 Å². The summed E-state index contributed by atoms with van der Waals surface area (Å²) in [6, 6.07) is 10.3. The summed E-state index contributed by atoms with van der Waals surface area (Å²) in [6.45, 7) is 1.75. The van der Waals surface area contributed by atoms with Crippen LogP contribution in [0.2, 0.25) is 5.02 Å². The first kappa shape index (κ1) is 14.3. The van der Waals surface area contributed by atoms with Crippen molar-refractivity contribution >= 4 is 48.9 Å². The summed E-state index contributed by atoms with van der Waals surface area (Å²) in [5, 5.41) is 0.325. The molecule has 0 bridgehead atoms. The van der Waals surface area contributed by atoms with Gasteiger partial charge in [0, 0.05) is 0 Å². The predicted molar refractivity (Wildman–Crippen MR) is 86.6 cm³/mol. The number of benzene rings is 2. The molecule has 3 aromatic rings. The molecular weight excluding hydrogens is 328 g/mol. The number of hydrogen-bond donors (Lipinski definition) is 1. The number of nitrogens with zero attached hydrogens (tertiary/aromatic N) is 1. The van der Waals surface area contributed by atoms with Crippen LogP contribution in [0.5, 0.6) is 0 Å². The normalized spacial score (nSPS) is 11.7. The molecule has 4 nitrogen and oxygen atoms in total. The summed E-state index contributed by atoms with van der Waals surface area (Å²) in [5.74, 6) is 0. The van der Waals surface area contributed by atoms with E-state index in [0.29, 0.717) is 21.8 Å². The van der Waals surface area contributed by atoms with Gasteiger partial charge >= 0.3 is 0 Å². The molecule has 7 heteroatoms. The molecule has 1 N–H and O–H groups in total. The van der Waals surface area contributed by atoms with Crippen molar-refractivity contribution in [2.24, 2.45) is 0 Å². The summed E-state index contributed by atoms with van der Waals surface area (Å²) in [5.41, 5.74) is 3.21. The first-order valence-electron chi connectivity index (χ1n) is 6.09. The maximum absolute atomic E-state index is 12.5. The van der Waals surface area contributed by atoms with Crippen molar-refractivity contribution in [3.8, 4) is 0 Å². The molecule has 0 atom stereocenters. The van der Waals surface area contributed by atoms with Crippen LogP contribution in [0.15, 0.2) is 46.8 Å². The van der Waals surface area contributed by atoms with Crippen LogP contribution < -0.4 is 4.72 Å². The van der Waals surface area contributed by atoms with E-state index in [9.17, 15) is 8.42 Å². The number of aryl methyl sites for hydroxylation is 1. The Morgan fingerprint density at radius 3 is 2.71 bits per heavy atom. The highest BCUT2D eigenvalue weighted by Crippen LogP contribution is 2.34. The molecular formula is C14H11ClN2O2S2. The smallest absolute Gasteiger partial charge is 0.262 e. The molecule has 0 aliphatic heterocycles. The molecule has 0 fully saturated rings. The van der Waals surface area contributed by atoms with Crippen LogP contribution in [0.3, 0.4) is 0 Å². The first-order valence-corrected chi connectivity index (χ1v) is 8.83. The number of thiazole rings is 1. The zero-order chi connectivity index (χ0) is 15.0. The number of halogens is 1. The maximum Gasteiger partial charge on any atom is 0.262 e. The SMILES string of the molecule is Cc1ccccc1S(=O)(=O)Nc1c(Cl)ccc2scnc12. The molecule has 0 aliphatic carbocycles. The van der Waals surface area contributed by atoms with Gasteiger partial charge in [-0.05, 0) is 30.7 Å². The van der Waals surface area contributed by atoms with Gasteiger partial charge in [0.15, 0.2) is 0 Å². The lowest BCUT2D eigenvalue weighted by molar-refractivity contribution is 0.600. The molecule has 108 valence electrons. The van der Waals surface area contributed by atoms with Crippen molar-refractivity contribution < 1.29 is 8.42 Å². The van der Waals surface area contributed by atoms with Gasteiger partial charge in [-0.1, -0.05) is 29.8 Å². The van der Waals surface area contributed by atoms with Gasteiger partial charge in [-0.3, -0.25) is 4.72 Å². The van der Waals surface area contributed by atoms with Crippen LogP contribution in [-0.4, -0.2) is 13.4 Å². The highest BCUT2D eigenvalue weighted by atomic mass is 35.5. The van der Waals surface area contributed by atoms with Crippen LogP contribution >= 0.6 is 22.9 Å². The van der Waals surface area contributed by atoms with Gasteiger partial charge in [-0.25, -0.2) is 13.4 Å². The molecule has 0 saturated carbocycles. The number of sulfonamides is 1. The number of anilines is 1. The van der Waals surface area contributed by atoms with Crippen LogP contribution in [0.25, 0.3) is 10.2 Å². The zero-order valence-corrected chi connectivity index (χ0v) is 13.4. The quantitative estimate of drug-likeness (QED) is 0.783. The topological polar surface area (TPSA) is 59.1 Å². The van der Waals surface area contributed by atoms with Gasteiger partial charge in [-0.15, -0.1) is 11.3 Å². The second kappa shape index (κ2) is 5.29. The summed E-state index contributed by atoms with van der Waals surface area (Å²) in [6.07, 6.45) is 0. The van der Waals surface area contributed by atoms with Gasteiger partial charge in [0.2, 0.25) is 0 Å². The van der Waals surface area contributed by atoms with E-state index in [-0.39, 0.29) is 4.90 Å². The lowest BCUT2D eigenvalue weighted by Gasteiger charge is -2.12. The number of hydrogen-bond acceptors (Lipinski definition) is 4. The molecule has 0 radical (unpaired) electrons. The van der Waals surface area contributed by atoms with Gasteiger partial charge < -0.3 is 0 Å². The van der Waals surface area contributed by atoms with Gasteiger partial charge in [0.05, 0.1) is 25.8 Å². The molecule has 0 unspecified atom stereocenters. The van der Waals surface area contributed by atoms with Crippen molar-refractivity contribution in [1.29, 1.82) is 0 Å². The van der Waals surface area contributed by atoms with E-state index in [1.807, 2.05) is 6.07 Å². The molecule has 0 saturated heterocycles. The van der Waals surface area contributed by atoms with Crippen molar-refractivity contribution in [2.75, 3.05) is 4.72 Å². The minimum atomic E-state index is -3.71. The Bertz CT molecular complexity index is 920. The Morgan fingerprint density at radius 1 is 1.19 bits per heavy atom. The van der Waals surface area contributed by atoms with Gasteiger partial charge in [0.25, 0.3) is 10.0 Å². The highest BCUT2D eigenvalue weighted by Gasteiger charge is 2.20. The second-order valence-electron chi connectivity index (χ2n) is 4.49. The zero-order valence-electron chi connectivity index (χ0n) is 11.0. The fraction of sp³-hybridized carbons (Fsp3) is 0.0714. The maximum atomic E-state index is 12.5. The molecule has 1 heterocycles. The number of rotatable bonds is 3. The summed E-state index contributed by atoms with van der Waals surface area (Å²) in [7, 11) is -3.71. The summed E-state index contributed by atoms with van der Waals surface area (Å²) in [4.78, 5) is 4.42. The summed E-state index contributed by atoms with van der Waals surface area (Å²) >= 11 is 7.56. The Hall–Kier alpha value is -1.63. The van der Waals surface area contributed by atoms with E-state index in [1.54, 1.807) is 42.8 Å². The van der Waals surface area contributed by atoms with E-state index in [0.717, 1.165) is 4.70 Å². The molecule has 21 heavy (non-hydrogen) atoms. The molecule has 3 rings (SSSR count). The van der Waals surface area contributed by atoms with Gasteiger partial charge in [-0.2, -0.15) is 0 Å². The van der Waals surface area contributed by atoms with Crippen LogP contribution in [0, 0.1) is 6.92 Å². The Morgan fingerprint density at radius 2 is 1.95 bits per heavy atom. The molecule has 1 aromatic heterocycles. The first-order chi connectivity index (χ1) is 9.99. The average molecular weight is 339 g/mol. The van der Waals surface area contributed by atoms with E-state index in [4.69, 9.17) is 11.6 Å². The van der Waals surface area contributed by atoms with E-state index >= 15 is 0 Å². The fourth-order valence-electron chi connectivity index (χ4n) is 2.05. The predicted octanol–water partition coefficient (Wildman–Crippen LogP) is 4.06. The fourth-order valence-corrected chi connectivity index (χ4v) is 4.33. The molecule has 2 aromatic carbocycles. The molecule has 0 aliphatic rings. The van der Waals surface area contributed by atoms with E-state index in [1.165, 1.54) is 11.3 Å². The Kier molecular flexibility index (Phi) is 3.61. The minimum Gasteiger partial charge on any atom is -0.276 e. The number of fused-ring (bicyclic) bond motifs is 1. The monoisotopic (exact) mass is 338 g/mol. The van der Waals surface area contributed by atoms with E-state index < -0.39 is 10.0 Å². The van der Waals surface area contributed by atoms with Crippen molar-refractivity contribution in [3.05, 3.63) is 52.5 Å². The van der Waals surface area contributed by atoms with Crippen LogP contribution in [-0.2, 0) is 10.0 Å². The third-order valence-electron chi connectivity index (χ3n) is 3.07. The minimum absolute atomic E-state index is 0.230.